The number of hydrogen-bond donors (Lipinski definition) is 1. The van der Waals surface area contributed by atoms with Crippen LogP contribution in [0.4, 0.5) is 5.13 Å². The molecule has 0 saturated heterocycles. The largest absolute Gasteiger partial charge is 0.454 e. The minimum absolute atomic E-state index is 0.0522. The van der Waals surface area contributed by atoms with Crippen molar-refractivity contribution in [1.29, 1.82) is 0 Å². The summed E-state index contributed by atoms with van der Waals surface area (Å²) in [5, 5.41) is 5.30. The van der Waals surface area contributed by atoms with Crippen molar-refractivity contribution in [2.75, 3.05) is 25.8 Å². The zero-order valence-electron chi connectivity index (χ0n) is 12.1. The van der Waals surface area contributed by atoms with Crippen LogP contribution in [0.1, 0.15) is 12.8 Å². The van der Waals surface area contributed by atoms with E-state index in [1.54, 1.807) is 7.11 Å². The van der Waals surface area contributed by atoms with E-state index in [0.717, 1.165) is 22.8 Å². The van der Waals surface area contributed by atoms with Gasteiger partial charge < -0.3 is 19.5 Å². The van der Waals surface area contributed by atoms with Crippen molar-refractivity contribution in [1.82, 2.24) is 4.98 Å². The number of methoxy groups -OCH3 is 1. The maximum atomic E-state index is 11.7. The van der Waals surface area contributed by atoms with Gasteiger partial charge in [0, 0.05) is 31.1 Å². The van der Waals surface area contributed by atoms with Crippen LogP contribution < -0.4 is 14.8 Å². The molecular weight excluding hydrogens is 304 g/mol. The number of fused-ring (bicyclic) bond motifs is 1. The van der Waals surface area contributed by atoms with Gasteiger partial charge in [0.15, 0.2) is 16.6 Å². The second-order valence-corrected chi connectivity index (χ2v) is 5.61. The Morgan fingerprint density at radius 2 is 2.27 bits per heavy atom. The SMILES string of the molecule is COCCCC(=O)Nc1nc(-c2ccc3c(c2)OCO3)cs1. The molecule has 0 fully saturated rings. The average Bonchev–Trinajstić information content (AvgIpc) is 3.15. The molecule has 2 aromatic rings. The van der Waals surface area contributed by atoms with Crippen LogP contribution >= 0.6 is 11.3 Å². The normalized spacial score (nSPS) is 12.4. The molecule has 116 valence electrons. The Balaban J connectivity index is 1.65. The average molecular weight is 320 g/mol. The standard InChI is InChI=1S/C15H16N2O4S/c1-19-6-2-3-14(18)17-15-16-11(8-22-15)10-4-5-12-13(7-10)21-9-20-12/h4-5,7-8H,2-3,6,9H2,1H3,(H,16,17,18). The highest BCUT2D eigenvalue weighted by molar-refractivity contribution is 7.14. The fraction of sp³-hybridized carbons (Fsp3) is 0.333. The number of hydrogen-bond acceptors (Lipinski definition) is 6. The van der Waals surface area contributed by atoms with Gasteiger partial charge in [0.05, 0.1) is 5.69 Å². The number of carbonyl (C=O) groups excluding carboxylic acids is 1. The Kier molecular flexibility index (Phi) is 4.55. The third-order valence-electron chi connectivity index (χ3n) is 3.17. The highest BCUT2D eigenvalue weighted by atomic mass is 32.1. The fourth-order valence-corrected chi connectivity index (χ4v) is 2.81. The molecule has 1 aliphatic heterocycles. The number of rotatable bonds is 6. The van der Waals surface area contributed by atoms with Gasteiger partial charge in [-0.2, -0.15) is 0 Å². The first kappa shape index (κ1) is 14.8. The number of anilines is 1. The predicted molar refractivity (Wildman–Crippen MR) is 83.4 cm³/mol. The second-order valence-electron chi connectivity index (χ2n) is 4.75. The zero-order valence-corrected chi connectivity index (χ0v) is 12.9. The topological polar surface area (TPSA) is 69.7 Å². The number of nitrogens with zero attached hydrogens (tertiary/aromatic N) is 1. The van der Waals surface area contributed by atoms with Crippen LogP contribution in [0.5, 0.6) is 11.5 Å². The summed E-state index contributed by atoms with van der Waals surface area (Å²) in [7, 11) is 1.62. The first-order chi connectivity index (χ1) is 10.8. The fourth-order valence-electron chi connectivity index (χ4n) is 2.08. The molecule has 0 atom stereocenters. The number of benzene rings is 1. The van der Waals surface area contributed by atoms with E-state index in [-0.39, 0.29) is 12.7 Å². The summed E-state index contributed by atoms with van der Waals surface area (Å²) in [6.45, 7) is 0.826. The van der Waals surface area contributed by atoms with E-state index in [9.17, 15) is 4.79 Å². The van der Waals surface area contributed by atoms with Crippen molar-refractivity contribution >= 4 is 22.4 Å². The molecule has 2 heterocycles. The van der Waals surface area contributed by atoms with E-state index in [0.29, 0.717) is 24.6 Å². The van der Waals surface area contributed by atoms with E-state index in [1.165, 1.54) is 11.3 Å². The quantitative estimate of drug-likeness (QED) is 0.829. The Hall–Kier alpha value is -2.12. The van der Waals surface area contributed by atoms with E-state index >= 15 is 0 Å². The van der Waals surface area contributed by atoms with Crippen LogP contribution in [-0.4, -0.2) is 31.4 Å². The monoisotopic (exact) mass is 320 g/mol. The van der Waals surface area contributed by atoms with Crippen molar-refractivity contribution in [3.05, 3.63) is 23.6 Å². The summed E-state index contributed by atoms with van der Waals surface area (Å²) in [5.41, 5.74) is 1.73. The molecule has 7 heteroatoms. The third-order valence-corrected chi connectivity index (χ3v) is 3.93. The van der Waals surface area contributed by atoms with Crippen molar-refractivity contribution < 1.29 is 19.0 Å². The molecule has 0 aliphatic carbocycles. The number of aromatic nitrogens is 1. The molecule has 0 unspecified atom stereocenters. The molecule has 22 heavy (non-hydrogen) atoms. The molecule has 1 aliphatic rings. The van der Waals surface area contributed by atoms with Crippen LogP contribution in [-0.2, 0) is 9.53 Å². The summed E-state index contributed by atoms with van der Waals surface area (Å²) >= 11 is 1.40. The number of nitrogens with one attached hydrogen (secondary N) is 1. The lowest BCUT2D eigenvalue weighted by Gasteiger charge is -2.01. The third kappa shape index (κ3) is 3.37. The van der Waals surface area contributed by atoms with Crippen LogP contribution in [0.15, 0.2) is 23.6 Å². The van der Waals surface area contributed by atoms with E-state index in [4.69, 9.17) is 14.2 Å². The van der Waals surface area contributed by atoms with Crippen LogP contribution in [0.2, 0.25) is 0 Å². The second kappa shape index (κ2) is 6.76. The van der Waals surface area contributed by atoms with Gasteiger partial charge in [-0.1, -0.05) is 0 Å². The maximum Gasteiger partial charge on any atom is 0.231 e. The van der Waals surface area contributed by atoms with Gasteiger partial charge in [0.25, 0.3) is 0 Å². The minimum Gasteiger partial charge on any atom is -0.454 e. The van der Waals surface area contributed by atoms with Gasteiger partial charge in [0.2, 0.25) is 12.7 Å². The summed E-state index contributed by atoms with van der Waals surface area (Å²) in [4.78, 5) is 16.2. The summed E-state index contributed by atoms with van der Waals surface area (Å²) in [6.07, 6.45) is 1.12. The lowest BCUT2D eigenvalue weighted by atomic mass is 10.1. The number of amides is 1. The van der Waals surface area contributed by atoms with E-state index in [1.807, 2.05) is 23.6 Å². The molecule has 1 aromatic heterocycles. The number of thiazole rings is 1. The predicted octanol–water partition coefficient (Wildman–Crippen LogP) is 2.90. The maximum absolute atomic E-state index is 11.7. The molecule has 3 rings (SSSR count). The Morgan fingerprint density at radius 3 is 3.14 bits per heavy atom. The van der Waals surface area contributed by atoms with Gasteiger partial charge in [-0.25, -0.2) is 4.98 Å². The van der Waals surface area contributed by atoms with Crippen molar-refractivity contribution in [2.45, 2.75) is 12.8 Å². The minimum atomic E-state index is -0.0522. The molecule has 1 amide bonds. The molecule has 1 aromatic carbocycles. The van der Waals surface area contributed by atoms with Crippen molar-refractivity contribution in [3.63, 3.8) is 0 Å². The Labute approximate surface area is 132 Å². The highest BCUT2D eigenvalue weighted by Gasteiger charge is 2.15. The number of ether oxygens (including phenoxy) is 3. The van der Waals surface area contributed by atoms with Crippen LogP contribution in [0, 0.1) is 0 Å². The van der Waals surface area contributed by atoms with Crippen molar-refractivity contribution in [3.8, 4) is 22.8 Å². The van der Waals surface area contributed by atoms with Crippen molar-refractivity contribution in [2.24, 2.45) is 0 Å². The lowest BCUT2D eigenvalue weighted by Crippen LogP contribution is -2.11. The van der Waals surface area contributed by atoms with Gasteiger partial charge in [0.1, 0.15) is 0 Å². The first-order valence-electron chi connectivity index (χ1n) is 6.90. The molecule has 0 bridgehead atoms. The van der Waals surface area contributed by atoms with Gasteiger partial charge in [-0.05, 0) is 24.6 Å². The molecule has 6 nitrogen and oxygen atoms in total. The first-order valence-corrected chi connectivity index (χ1v) is 7.78. The smallest absolute Gasteiger partial charge is 0.231 e. The molecule has 0 spiro atoms. The molecule has 0 saturated carbocycles. The van der Waals surface area contributed by atoms with E-state index in [2.05, 4.69) is 10.3 Å². The van der Waals surface area contributed by atoms with Gasteiger partial charge in [-0.15, -0.1) is 11.3 Å². The summed E-state index contributed by atoms with van der Waals surface area (Å²) in [6, 6.07) is 5.67. The van der Waals surface area contributed by atoms with Gasteiger partial charge in [-0.3, -0.25) is 4.79 Å². The summed E-state index contributed by atoms with van der Waals surface area (Å²) in [5.74, 6) is 1.41. The van der Waals surface area contributed by atoms with Crippen LogP contribution in [0.3, 0.4) is 0 Å². The molecule has 1 N–H and O–H groups in total. The van der Waals surface area contributed by atoms with Gasteiger partial charge >= 0.3 is 0 Å². The highest BCUT2D eigenvalue weighted by Crippen LogP contribution is 2.36. The lowest BCUT2D eigenvalue weighted by molar-refractivity contribution is -0.116. The zero-order chi connectivity index (χ0) is 15.4. The molecular formula is C15H16N2O4S. The molecule has 0 radical (unpaired) electrons. The van der Waals surface area contributed by atoms with Crippen LogP contribution in [0.25, 0.3) is 11.3 Å². The number of carbonyl (C=O) groups is 1. The van der Waals surface area contributed by atoms with E-state index < -0.39 is 0 Å². The summed E-state index contributed by atoms with van der Waals surface area (Å²) < 4.78 is 15.6. The Morgan fingerprint density at radius 1 is 1.41 bits per heavy atom. The Bertz CT molecular complexity index is 671.